The van der Waals surface area contributed by atoms with Crippen molar-refractivity contribution in [3.8, 4) is 5.75 Å². The summed E-state index contributed by atoms with van der Waals surface area (Å²) in [5.41, 5.74) is 2.18. The topological polar surface area (TPSA) is 48.9 Å². The molecular formula is C20H28N4O2. The molecule has 26 heavy (non-hydrogen) atoms. The molecule has 0 aliphatic carbocycles. The second kappa shape index (κ2) is 7.40. The molecule has 6 heteroatoms. The van der Waals surface area contributed by atoms with Crippen molar-refractivity contribution >= 4 is 22.8 Å². The van der Waals surface area contributed by atoms with Crippen LogP contribution in [0.15, 0.2) is 24.3 Å². The number of benzene rings is 1. The first-order chi connectivity index (χ1) is 12.4. The van der Waals surface area contributed by atoms with Crippen LogP contribution in [0.2, 0.25) is 0 Å². The largest absolute Gasteiger partial charge is 0.497 e. The Morgan fingerprint density at radius 1 is 1.19 bits per heavy atom. The van der Waals surface area contributed by atoms with Crippen molar-refractivity contribution in [1.82, 2.24) is 14.8 Å². The molecule has 2 aromatic rings. The smallest absolute Gasteiger partial charge is 0.319 e. The lowest BCUT2D eigenvalue weighted by molar-refractivity contribution is 0.155. The van der Waals surface area contributed by atoms with Crippen molar-refractivity contribution < 1.29 is 9.53 Å². The average Bonchev–Trinajstić information content (AvgIpc) is 2.66. The van der Waals surface area contributed by atoms with Gasteiger partial charge in [0.15, 0.2) is 0 Å². The quantitative estimate of drug-likeness (QED) is 0.848. The van der Waals surface area contributed by atoms with Crippen LogP contribution in [-0.4, -0.2) is 68.2 Å². The van der Waals surface area contributed by atoms with E-state index in [1.807, 2.05) is 24.1 Å². The van der Waals surface area contributed by atoms with Gasteiger partial charge in [-0.2, -0.15) is 0 Å². The highest BCUT2D eigenvalue weighted by Gasteiger charge is 2.26. The van der Waals surface area contributed by atoms with E-state index in [1.165, 1.54) is 5.56 Å². The number of anilines is 1. The standard InChI is InChI=1S/C20H28N4O2/c1-14-12-19(21-18-13-16(26-5)6-7-17(14)18)24-10-8-15(9-11-24)23(4)20(25)22(2)3/h6-7,12-13,15H,8-11H2,1-5H3. The van der Waals surface area contributed by atoms with Gasteiger partial charge in [0.05, 0.1) is 12.6 Å². The number of fused-ring (bicyclic) bond motifs is 1. The molecule has 1 aromatic heterocycles. The summed E-state index contributed by atoms with van der Waals surface area (Å²) in [4.78, 5) is 22.8. The maximum Gasteiger partial charge on any atom is 0.319 e. The average molecular weight is 356 g/mol. The van der Waals surface area contributed by atoms with Crippen molar-refractivity contribution in [1.29, 1.82) is 0 Å². The molecule has 0 bridgehead atoms. The van der Waals surface area contributed by atoms with Crippen molar-refractivity contribution in [2.45, 2.75) is 25.8 Å². The minimum atomic E-state index is 0.0650. The summed E-state index contributed by atoms with van der Waals surface area (Å²) in [6.45, 7) is 3.92. The SMILES string of the molecule is COc1ccc2c(C)cc(N3CCC(N(C)C(=O)N(C)C)CC3)nc2c1. The molecule has 1 saturated heterocycles. The molecule has 140 valence electrons. The third-order valence-electron chi connectivity index (χ3n) is 5.23. The Balaban J connectivity index is 1.76. The summed E-state index contributed by atoms with van der Waals surface area (Å²) >= 11 is 0. The molecule has 0 N–H and O–H groups in total. The van der Waals surface area contributed by atoms with Crippen molar-refractivity contribution in [2.75, 3.05) is 46.2 Å². The number of carbonyl (C=O) groups excluding carboxylic acids is 1. The number of piperidine rings is 1. The molecule has 0 saturated carbocycles. The van der Waals surface area contributed by atoms with Crippen LogP contribution in [0.1, 0.15) is 18.4 Å². The van der Waals surface area contributed by atoms with Gasteiger partial charge in [-0.1, -0.05) is 0 Å². The van der Waals surface area contributed by atoms with Gasteiger partial charge in [-0.3, -0.25) is 0 Å². The third-order valence-corrected chi connectivity index (χ3v) is 5.23. The predicted molar refractivity (Wildman–Crippen MR) is 105 cm³/mol. The highest BCUT2D eigenvalue weighted by molar-refractivity contribution is 5.85. The summed E-state index contributed by atoms with van der Waals surface area (Å²) in [5, 5.41) is 1.15. The number of hydrogen-bond acceptors (Lipinski definition) is 4. The van der Waals surface area contributed by atoms with E-state index in [1.54, 1.807) is 26.1 Å². The zero-order valence-corrected chi connectivity index (χ0v) is 16.3. The minimum absolute atomic E-state index is 0.0650. The monoisotopic (exact) mass is 356 g/mol. The molecule has 1 aliphatic rings. The molecule has 1 fully saturated rings. The first-order valence-electron chi connectivity index (χ1n) is 9.05. The molecule has 0 spiro atoms. The summed E-state index contributed by atoms with van der Waals surface area (Å²) in [6, 6.07) is 8.53. The van der Waals surface area contributed by atoms with Gasteiger partial charge in [0.2, 0.25) is 0 Å². The number of hydrogen-bond donors (Lipinski definition) is 0. The zero-order valence-electron chi connectivity index (χ0n) is 16.3. The van der Waals surface area contributed by atoms with E-state index in [0.717, 1.165) is 48.4 Å². The van der Waals surface area contributed by atoms with Crippen LogP contribution in [0.25, 0.3) is 10.9 Å². The first kappa shape index (κ1) is 18.3. The summed E-state index contributed by atoms with van der Waals surface area (Å²) in [6.07, 6.45) is 1.90. The Labute approximate surface area is 155 Å². The maximum atomic E-state index is 12.2. The molecular weight excluding hydrogens is 328 g/mol. The number of carbonyl (C=O) groups is 1. The fourth-order valence-electron chi connectivity index (χ4n) is 3.61. The Morgan fingerprint density at radius 2 is 1.88 bits per heavy atom. The van der Waals surface area contributed by atoms with Gasteiger partial charge in [-0.25, -0.2) is 9.78 Å². The van der Waals surface area contributed by atoms with Gasteiger partial charge in [0, 0.05) is 51.7 Å². The third kappa shape index (κ3) is 3.54. The predicted octanol–water partition coefficient (Wildman–Crippen LogP) is 3.13. The van der Waals surface area contributed by atoms with Crippen molar-refractivity contribution in [3.63, 3.8) is 0 Å². The molecule has 1 aromatic carbocycles. The molecule has 0 atom stereocenters. The van der Waals surface area contributed by atoms with E-state index >= 15 is 0 Å². The number of aromatic nitrogens is 1. The van der Waals surface area contributed by atoms with E-state index in [4.69, 9.17) is 9.72 Å². The summed E-state index contributed by atoms with van der Waals surface area (Å²) in [5.74, 6) is 1.83. The molecule has 3 rings (SSSR count). The van der Waals surface area contributed by atoms with E-state index in [0.29, 0.717) is 0 Å². The lowest BCUT2D eigenvalue weighted by Crippen LogP contribution is -2.48. The molecule has 0 radical (unpaired) electrons. The van der Waals surface area contributed by atoms with E-state index in [2.05, 4.69) is 24.0 Å². The second-order valence-corrected chi connectivity index (χ2v) is 7.19. The molecule has 2 amide bonds. The number of aryl methyl sites for hydroxylation is 1. The normalized spacial score (nSPS) is 15.2. The number of rotatable bonds is 3. The van der Waals surface area contributed by atoms with Crippen LogP contribution >= 0.6 is 0 Å². The Bertz CT molecular complexity index is 798. The molecule has 1 aliphatic heterocycles. The summed E-state index contributed by atoms with van der Waals surface area (Å²) < 4.78 is 5.33. The number of amides is 2. The van der Waals surface area contributed by atoms with Gasteiger partial charge >= 0.3 is 6.03 Å². The highest BCUT2D eigenvalue weighted by atomic mass is 16.5. The number of ether oxygens (including phenoxy) is 1. The fourth-order valence-corrected chi connectivity index (χ4v) is 3.61. The minimum Gasteiger partial charge on any atom is -0.497 e. The second-order valence-electron chi connectivity index (χ2n) is 7.19. The Hall–Kier alpha value is -2.50. The van der Waals surface area contributed by atoms with Crippen LogP contribution in [0.5, 0.6) is 5.75 Å². The van der Waals surface area contributed by atoms with Crippen LogP contribution in [0.4, 0.5) is 10.6 Å². The van der Waals surface area contributed by atoms with Gasteiger partial charge in [-0.15, -0.1) is 0 Å². The zero-order chi connectivity index (χ0) is 18.8. The summed E-state index contributed by atoms with van der Waals surface area (Å²) in [7, 11) is 7.16. The lowest BCUT2D eigenvalue weighted by Gasteiger charge is -2.38. The van der Waals surface area contributed by atoms with Gasteiger partial charge in [-0.05, 0) is 43.5 Å². The van der Waals surface area contributed by atoms with Crippen molar-refractivity contribution in [3.05, 3.63) is 29.8 Å². The number of methoxy groups -OCH3 is 1. The number of pyridine rings is 1. The van der Waals surface area contributed by atoms with Crippen LogP contribution in [0.3, 0.4) is 0 Å². The van der Waals surface area contributed by atoms with Crippen LogP contribution in [-0.2, 0) is 0 Å². The first-order valence-corrected chi connectivity index (χ1v) is 9.05. The Kier molecular flexibility index (Phi) is 5.20. The molecule has 2 heterocycles. The van der Waals surface area contributed by atoms with Crippen LogP contribution < -0.4 is 9.64 Å². The van der Waals surface area contributed by atoms with Gasteiger partial charge < -0.3 is 19.4 Å². The van der Waals surface area contributed by atoms with Crippen LogP contribution in [0, 0.1) is 6.92 Å². The van der Waals surface area contributed by atoms with E-state index in [-0.39, 0.29) is 12.1 Å². The van der Waals surface area contributed by atoms with Crippen molar-refractivity contribution in [2.24, 2.45) is 0 Å². The fraction of sp³-hybridized carbons (Fsp3) is 0.500. The number of nitrogens with zero attached hydrogens (tertiary/aromatic N) is 4. The molecule has 6 nitrogen and oxygen atoms in total. The van der Waals surface area contributed by atoms with Gasteiger partial charge in [0.25, 0.3) is 0 Å². The maximum absolute atomic E-state index is 12.2. The van der Waals surface area contributed by atoms with Gasteiger partial charge in [0.1, 0.15) is 11.6 Å². The Morgan fingerprint density at radius 3 is 2.50 bits per heavy atom. The highest BCUT2D eigenvalue weighted by Crippen LogP contribution is 2.28. The number of urea groups is 1. The molecule has 0 unspecified atom stereocenters. The van der Waals surface area contributed by atoms with E-state index in [9.17, 15) is 4.79 Å². The van der Waals surface area contributed by atoms with E-state index < -0.39 is 0 Å². The lowest BCUT2D eigenvalue weighted by atomic mass is 10.0.